The first-order valence-electron chi connectivity index (χ1n) is 9.95. The van der Waals surface area contributed by atoms with E-state index in [0.717, 1.165) is 44.3 Å². The fraction of sp³-hybridized carbons (Fsp3) is 0.348. The van der Waals surface area contributed by atoms with Crippen molar-refractivity contribution in [3.8, 4) is 0 Å². The third-order valence-electron chi connectivity index (χ3n) is 5.50. The number of hydrogen-bond donors (Lipinski definition) is 2. The predicted octanol–water partition coefficient (Wildman–Crippen LogP) is 4.82. The van der Waals surface area contributed by atoms with E-state index in [4.69, 9.17) is 0 Å². The Balaban J connectivity index is 1.68. The van der Waals surface area contributed by atoms with Gasteiger partial charge in [0.05, 0.1) is 6.04 Å². The molecule has 4 rings (SSSR count). The Bertz CT molecular complexity index is 916. The van der Waals surface area contributed by atoms with Gasteiger partial charge in [-0.15, -0.1) is 0 Å². The van der Waals surface area contributed by atoms with E-state index in [1.54, 1.807) is 0 Å². The van der Waals surface area contributed by atoms with Crippen molar-refractivity contribution in [2.24, 2.45) is 0 Å². The lowest BCUT2D eigenvalue weighted by atomic mass is 9.93. The Hall–Kier alpha value is -2.75. The first-order chi connectivity index (χ1) is 13.3. The maximum atomic E-state index is 12.9. The van der Waals surface area contributed by atoms with Gasteiger partial charge in [0.15, 0.2) is 0 Å². The molecule has 2 N–H and O–H groups in total. The minimum absolute atomic E-state index is 0.0326. The third kappa shape index (κ3) is 3.57. The van der Waals surface area contributed by atoms with Gasteiger partial charge in [0, 0.05) is 29.7 Å². The summed E-state index contributed by atoms with van der Waals surface area (Å²) in [6, 6.07) is 19.0. The van der Waals surface area contributed by atoms with Gasteiger partial charge in [-0.1, -0.05) is 61.9 Å². The Morgan fingerprint density at radius 1 is 1.15 bits per heavy atom. The fourth-order valence-electron chi connectivity index (χ4n) is 4.08. The van der Waals surface area contributed by atoms with E-state index in [1.807, 2.05) is 11.0 Å². The zero-order chi connectivity index (χ0) is 18.6. The van der Waals surface area contributed by atoms with E-state index >= 15 is 0 Å². The Labute approximate surface area is 160 Å². The molecule has 1 unspecified atom stereocenters. The van der Waals surface area contributed by atoms with Crippen LogP contribution in [0.5, 0.6) is 0 Å². The molecule has 0 radical (unpaired) electrons. The average molecular weight is 361 g/mol. The van der Waals surface area contributed by atoms with Crippen molar-refractivity contribution in [3.63, 3.8) is 0 Å². The van der Waals surface area contributed by atoms with Crippen LogP contribution in [0.25, 0.3) is 10.9 Å². The molecule has 0 fully saturated rings. The molecule has 0 bridgehead atoms. The number of hydrogen-bond acceptors (Lipinski definition) is 1. The number of unbranched alkanes of at least 4 members (excludes halogenated alkanes) is 1. The Kier molecular flexibility index (Phi) is 5.14. The van der Waals surface area contributed by atoms with Crippen molar-refractivity contribution in [2.75, 3.05) is 13.1 Å². The number of nitrogens with zero attached hydrogens (tertiary/aromatic N) is 1. The molecule has 4 nitrogen and oxygen atoms in total. The van der Waals surface area contributed by atoms with E-state index < -0.39 is 0 Å². The van der Waals surface area contributed by atoms with E-state index in [1.165, 1.54) is 22.2 Å². The van der Waals surface area contributed by atoms with Crippen LogP contribution in [0.1, 0.15) is 42.6 Å². The zero-order valence-electron chi connectivity index (χ0n) is 15.9. The van der Waals surface area contributed by atoms with Crippen LogP contribution < -0.4 is 5.32 Å². The SMILES string of the molecule is CCCCNC(=O)N1CCc2c([nH]c3ccccc23)C1Cc1ccccc1. The molecule has 4 heteroatoms. The van der Waals surface area contributed by atoms with Gasteiger partial charge < -0.3 is 15.2 Å². The largest absolute Gasteiger partial charge is 0.356 e. The standard InChI is InChI=1S/C23H27N3O/c1-2-3-14-24-23(27)26-15-13-19-18-11-7-8-12-20(18)25-22(19)21(26)16-17-9-5-4-6-10-17/h4-12,21,25H,2-3,13-16H2,1H3,(H,24,27). The number of rotatable bonds is 5. The van der Waals surface area contributed by atoms with Crippen molar-refractivity contribution in [1.29, 1.82) is 0 Å². The number of carbonyl (C=O) groups excluding carboxylic acids is 1. The van der Waals surface area contributed by atoms with Crippen LogP contribution >= 0.6 is 0 Å². The fourth-order valence-corrected chi connectivity index (χ4v) is 4.08. The molecule has 0 saturated heterocycles. The minimum atomic E-state index is 0.0326. The van der Waals surface area contributed by atoms with E-state index in [-0.39, 0.29) is 12.1 Å². The third-order valence-corrected chi connectivity index (χ3v) is 5.50. The van der Waals surface area contributed by atoms with Gasteiger partial charge in [-0.05, 0) is 36.5 Å². The maximum absolute atomic E-state index is 12.9. The molecule has 1 atom stereocenters. The number of H-pyrrole nitrogens is 1. The second kappa shape index (κ2) is 7.87. The number of aromatic nitrogens is 1. The van der Waals surface area contributed by atoms with Gasteiger partial charge in [0.1, 0.15) is 0 Å². The van der Waals surface area contributed by atoms with Crippen molar-refractivity contribution in [1.82, 2.24) is 15.2 Å². The van der Waals surface area contributed by atoms with Crippen LogP contribution in [0.3, 0.4) is 0 Å². The van der Waals surface area contributed by atoms with Crippen LogP contribution in [-0.4, -0.2) is 29.0 Å². The molecular weight excluding hydrogens is 334 g/mol. The maximum Gasteiger partial charge on any atom is 0.317 e. The van der Waals surface area contributed by atoms with Crippen molar-refractivity contribution in [2.45, 2.75) is 38.6 Å². The molecule has 1 aliphatic heterocycles. The highest BCUT2D eigenvalue weighted by Crippen LogP contribution is 2.36. The predicted molar refractivity (Wildman–Crippen MR) is 110 cm³/mol. The van der Waals surface area contributed by atoms with Gasteiger partial charge in [-0.2, -0.15) is 0 Å². The number of para-hydroxylation sites is 1. The van der Waals surface area contributed by atoms with Crippen molar-refractivity contribution in [3.05, 3.63) is 71.4 Å². The highest BCUT2D eigenvalue weighted by Gasteiger charge is 2.33. The number of nitrogens with one attached hydrogen (secondary N) is 2. The first kappa shape index (κ1) is 17.7. The van der Waals surface area contributed by atoms with Gasteiger partial charge in [-0.25, -0.2) is 4.79 Å². The molecule has 0 spiro atoms. The molecule has 2 aromatic carbocycles. The summed E-state index contributed by atoms with van der Waals surface area (Å²) in [4.78, 5) is 18.5. The van der Waals surface area contributed by atoms with Crippen molar-refractivity contribution >= 4 is 16.9 Å². The molecule has 27 heavy (non-hydrogen) atoms. The van der Waals surface area contributed by atoms with E-state index in [2.05, 4.69) is 65.8 Å². The monoisotopic (exact) mass is 361 g/mol. The van der Waals surface area contributed by atoms with Gasteiger partial charge in [-0.3, -0.25) is 0 Å². The first-order valence-corrected chi connectivity index (χ1v) is 9.95. The highest BCUT2D eigenvalue weighted by atomic mass is 16.2. The molecule has 1 aliphatic rings. The second-order valence-corrected chi connectivity index (χ2v) is 7.30. The number of benzene rings is 2. The normalized spacial score (nSPS) is 16.3. The summed E-state index contributed by atoms with van der Waals surface area (Å²) < 4.78 is 0. The number of amides is 2. The lowest BCUT2D eigenvalue weighted by Crippen LogP contribution is -2.46. The summed E-state index contributed by atoms with van der Waals surface area (Å²) in [6.45, 7) is 3.63. The second-order valence-electron chi connectivity index (χ2n) is 7.30. The van der Waals surface area contributed by atoms with Gasteiger partial charge in [0.2, 0.25) is 0 Å². The smallest absolute Gasteiger partial charge is 0.317 e. The van der Waals surface area contributed by atoms with E-state index in [9.17, 15) is 4.79 Å². The molecule has 140 valence electrons. The summed E-state index contributed by atoms with van der Waals surface area (Å²) in [7, 11) is 0. The van der Waals surface area contributed by atoms with Crippen molar-refractivity contribution < 1.29 is 4.79 Å². The molecule has 0 saturated carbocycles. The molecular formula is C23H27N3O. The quantitative estimate of drug-likeness (QED) is 0.629. The Morgan fingerprint density at radius 3 is 2.74 bits per heavy atom. The topological polar surface area (TPSA) is 48.1 Å². The van der Waals surface area contributed by atoms with Gasteiger partial charge in [0.25, 0.3) is 0 Å². The molecule has 3 aromatic rings. The summed E-state index contributed by atoms with van der Waals surface area (Å²) >= 11 is 0. The van der Waals surface area contributed by atoms with Crippen LogP contribution in [0.15, 0.2) is 54.6 Å². The Morgan fingerprint density at radius 2 is 1.93 bits per heavy atom. The van der Waals surface area contributed by atoms with Crippen LogP contribution in [-0.2, 0) is 12.8 Å². The summed E-state index contributed by atoms with van der Waals surface area (Å²) in [5.74, 6) is 0. The lowest BCUT2D eigenvalue weighted by Gasteiger charge is -2.36. The summed E-state index contributed by atoms with van der Waals surface area (Å²) in [5, 5.41) is 4.40. The number of aromatic amines is 1. The molecule has 1 aromatic heterocycles. The minimum Gasteiger partial charge on any atom is -0.356 e. The van der Waals surface area contributed by atoms with Crippen LogP contribution in [0.4, 0.5) is 4.79 Å². The number of urea groups is 1. The highest BCUT2D eigenvalue weighted by molar-refractivity contribution is 5.86. The molecule has 2 amide bonds. The molecule has 2 heterocycles. The van der Waals surface area contributed by atoms with Crippen LogP contribution in [0.2, 0.25) is 0 Å². The number of fused-ring (bicyclic) bond motifs is 3. The number of carbonyl (C=O) groups is 1. The summed E-state index contributed by atoms with van der Waals surface area (Å²) in [5.41, 5.74) is 4.97. The zero-order valence-corrected chi connectivity index (χ0v) is 15.9. The lowest BCUT2D eigenvalue weighted by molar-refractivity contribution is 0.167. The van der Waals surface area contributed by atoms with E-state index in [0.29, 0.717) is 0 Å². The summed E-state index contributed by atoms with van der Waals surface area (Å²) in [6.07, 6.45) is 3.81. The van der Waals surface area contributed by atoms with Crippen LogP contribution in [0, 0.1) is 0 Å². The molecule has 0 aliphatic carbocycles. The van der Waals surface area contributed by atoms with Gasteiger partial charge >= 0.3 is 6.03 Å². The average Bonchev–Trinajstić information content (AvgIpc) is 3.08.